The molecule has 0 saturated carbocycles. The smallest absolute Gasteiger partial charge is 0.317 e. The van der Waals surface area contributed by atoms with Crippen LogP contribution in [0, 0.1) is 11.7 Å². The zero-order chi connectivity index (χ0) is 18.2. The van der Waals surface area contributed by atoms with Crippen molar-refractivity contribution in [3.8, 4) is 5.75 Å². The maximum Gasteiger partial charge on any atom is 0.317 e. The number of rotatable bonds is 7. The maximum absolute atomic E-state index is 13.7. The number of urea groups is 1. The van der Waals surface area contributed by atoms with E-state index in [0.717, 1.165) is 37.5 Å². The van der Waals surface area contributed by atoms with Crippen molar-refractivity contribution in [3.63, 3.8) is 0 Å². The number of carbonyl (C=O) groups is 1. The third-order valence-corrected chi connectivity index (χ3v) is 4.79. The fraction of sp³-hybridized carbons (Fsp3) is 0.632. The Balaban J connectivity index is 1.67. The van der Waals surface area contributed by atoms with Crippen LogP contribution in [-0.2, 0) is 6.54 Å². The normalized spacial score (nSPS) is 15.8. The van der Waals surface area contributed by atoms with Crippen LogP contribution in [0.15, 0.2) is 18.2 Å². The maximum atomic E-state index is 13.7. The number of likely N-dealkylation sites (tertiary alicyclic amines) is 1. The summed E-state index contributed by atoms with van der Waals surface area (Å²) in [6.07, 6.45) is 3.49. The van der Waals surface area contributed by atoms with E-state index in [0.29, 0.717) is 13.1 Å². The van der Waals surface area contributed by atoms with Gasteiger partial charge in [0.15, 0.2) is 11.6 Å². The predicted octanol–water partition coefficient (Wildman–Crippen LogP) is 3.10. The summed E-state index contributed by atoms with van der Waals surface area (Å²) in [5.41, 5.74) is 0.735. The monoisotopic (exact) mass is 351 g/mol. The molecule has 25 heavy (non-hydrogen) atoms. The van der Waals surface area contributed by atoms with Gasteiger partial charge in [-0.1, -0.05) is 13.0 Å². The summed E-state index contributed by atoms with van der Waals surface area (Å²) >= 11 is 0. The Labute approximate surface area is 150 Å². The molecule has 140 valence electrons. The third-order valence-electron chi connectivity index (χ3n) is 4.79. The molecule has 5 nitrogen and oxygen atoms in total. The summed E-state index contributed by atoms with van der Waals surface area (Å²) in [5.74, 6) is 0.639. The molecule has 0 aromatic heterocycles. The van der Waals surface area contributed by atoms with Gasteiger partial charge in [0.25, 0.3) is 0 Å². The second-order valence-electron chi connectivity index (χ2n) is 6.93. The number of amides is 2. The highest BCUT2D eigenvalue weighted by atomic mass is 19.1. The van der Waals surface area contributed by atoms with E-state index in [1.165, 1.54) is 26.0 Å². The van der Waals surface area contributed by atoms with Crippen LogP contribution in [0.25, 0.3) is 0 Å². The topological polar surface area (TPSA) is 44.8 Å². The number of hydrogen-bond acceptors (Lipinski definition) is 3. The van der Waals surface area contributed by atoms with Crippen LogP contribution < -0.4 is 10.1 Å². The van der Waals surface area contributed by atoms with Crippen molar-refractivity contribution in [1.29, 1.82) is 0 Å². The minimum absolute atomic E-state index is 0.136. The molecule has 1 fully saturated rings. The van der Waals surface area contributed by atoms with E-state index in [4.69, 9.17) is 4.74 Å². The minimum atomic E-state index is -0.412. The quantitative estimate of drug-likeness (QED) is 0.768. The minimum Gasteiger partial charge on any atom is -0.494 e. The van der Waals surface area contributed by atoms with E-state index in [-0.39, 0.29) is 11.8 Å². The molecule has 1 saturated heterocycles. The first kappa shape index (κ1) is 19.5. The van der Waals surface area contributed by atoms with Crippen molar-refractivity contribution in [3.05, 3.63) is 29.6 Å². The summed E-state index contributed by atoms with van der Waals surface area (Å²) in [6, 6.07) is 4.61. The lowest BCUT2D eigenvalue weighted by Crippen LogP contribution is -2.39. The Kier molecular flexibility index (Phi) is 7.50. The van der Waals surface area contributed by atoms with Crippen molar-refractivity contribution in [2.45, 2.75) is 32.7 Å². The highest BCUT2D eigenvalue weighted by molar-refractivity contribution is 5.73. The summed E-state index contributed by atoms with van der Waals surface area (Å²) < 4.78 is 18.6. The lowest BCUT2D eigenvalue weighted by Gasteiger charge is -2.30. The molecule has 0 radical (unpaired) electrons. The number of ether oxygens (including phenoxy) is 1. The number of methoxy groups -OCH3 is 1. The number of carbonyl (C=O) groups excluding carboxylic acids is 1. The van der Waals surface area contributed by atoms with Crippen LogP contribution in [-0.4, -0.2) is 56.2 Å². The number of nitrogens with zero attached hydrogens (tertiary/aromatic N) is 2. The largest absolute Gasteiger partial charge is 0.494 e. The molecule has 0 unspecified atom stereocenters. The van der Waals surface area contributed by atoms with Crippen molar-refractivity contribution in [2.75, 3.05) is 40.3 Å². The van der Waals surface area contributed by atoms with E-state index < -0.39 is 5.82 Å². The Hall–Kier alpha value is -1.82. The van der Waals surface area contributed by atoms with Gasteiger partial charge in [-0.2, -0.15) is 0 Å². The average Bonchev–Trinajstić information content (AvgIpc) is 2.60. The second-order valence-corrected chi connectivity index (χ2v) is 6.93. The molecule has 0 bridgehead atoms. The van der Waals surface area contributed by atoms with Gasteiger partial charge >= 0.3 is 6.03 Å². The molecule has 1 aliphatic rings. The standard InChI is InChI=1S/C19H30FN3O2/c1-15-7-11-23(12-8-15)10-4-9-21-19(24)22(2)14-16-5-6-18(25-3)17(20)13-16/h5-6,13,15H,4,7-12,14H2,1-3H3,(H,21,24). The van der Waals surface area contributed by atoms with Gasteiger partial charge in [-0.05, 0) is 62.5 Å². The van der Waals surface area contributed by atoms with Crippen LogP contribution in [0.4, 0.5) is 9.18 Å². The van der Waals surface area contributed by atoms with Gasteiger partial charge in [0.05, 0.1) is 7.11 Å². The van der Waals surface area contributed by atoms with Crippen LogP contribution in [0.2, 0.25) is 0 Å². The molecule has 0 aliphatic carbocycles. The first-order chi connectivity index (χ1) is 12.0. The van der Waals surface area contributed by atoms with Gasteiger partial charge < -0.3 is 19.9 Å². The van der Waals surface area contributed by atoms with E-state index in [1.807, 2.05) is 0 Å². The highest BCUT2D eigenvalue weighted by Gasteiger charge is 2.15. The second kappa shape index (κ2) is 9.61. The molecular formula is C19H30FN3O2. The molecule has 1 aromatic rings. The van der Waals surface area contributed by atoms with Gasteiger partial charge in [-0.25, -0.2) is 9.18 Å². The molecule has 1 heterocycles. The van der Waals surface area contributed by atoms with Crippen LogP contribution in [0.5, 0.6) is 5.75 Å². The molecular weight excluding hydrogens is 321 g/mol. The van der Waals surface area contributed by atoms with Crippen molar-refractivity contribution in [2.24, 2.45) is 5.92 Å². The van der Waals surface area contributed by atoms with Gasteiger partial charge in [-0.15, -0.1) is 0 Å². The molecule has 1 N–H and O–H groups in total. The SMILES string of the molecule is COc1ccc(CN(C)C(=O)NCCCN2CCC(C)CC2)cc1F. The zero-order valence-electron chi connectivity index (χ0n) is 15.6. The van der Waals surface area contributed by atoms with Crippen LogP contribution in [0.1, 0.15) is 31.7 Å². The fourth-order valence-electron chi connectivity index (χ4n) is 3.07. The van der Waals surface area contributed by atoms with E-state index in [1.54, 1.807) is 24.1 Å². The lowest BCUT2D eigenvalue weighted by molar-refractivity contribution is 0.187. The first-order valence-corrected chi connectivity index (χ1v) is 9.03. The number of piperidine rings is 1. The molecule has 0 spiro atoms. The molecule has 1 aromatic carbocycles. The molecule has 0 atom stereocenters. The van der Waals surface area contributed by atoms with Crippen molar-refractivity contribution in [1.82, 2.24) is 15.1 Å². The van der Waals surface area contributed by atoms with Crippen LogP contribution in [0.3, 0.4) is 0 Å². The predicted molar refractivity (Wildman–Crippen MR) is 97.3 cm³/mol. The Morgan fingerprint density at radius 2 is 2.12 bits per heavy atom. The first-order valence-electron chi connectivity index (χ1n) is 9.03. The number of nitrogens with one attached hydrogen (secondary N) is 1. The summed E-state index contributed by atoms with van der Waals surface area (Å²) in [4.78, 5) is 16.2. The summed E-state index contributed by atoms with van der Waals surface area (Å²) in [6.45, 7) is 6.68. The van der Waals surface area contributed by atoms with E-state index in [9.17, 15) is 9.18 Å². The highest BCUT2D eigenvalue weighted by Crippen LogP contribution is 2.18. The summed E-state index contributed by atoms with van der Waals surface area (Å²) in [5, 5.41) is 2.93. The molecule has 1 aliphatic heterocycles. The zero-order valence-corrected chi connectivity index (χ0v) is 15.6. The fourth-order valence-corrected chi connectivity index (χ4v) is 3.07. The Morgan fingerprint density at radius 1 is 1.40 bits per heavy atom. The Morgan fingerprint density at radius 3 is 2.76 bits per heavy atom. The van der Waals surface area contributed by atoms with Gasteiger partial charge in [0.2, 0.25) is 0 Å². The third kappa shape index (κ3) is 6.20. The van der Waals surface area contributed by atoms with Crippen molar-refractivity contribution < 1.29 is 13.9 Å². The van der Waals surface area contributed by atoms with Gasteiger partial charge in [0, 0.05) is 20.1 Å². The Bertz CT molecular complexity index is 560. The summed E-state index contributed by atoms with van der Waals surface area (Å²) in [7, 11) is 3.14. The molecule has 2 amide bonds. The van der Waals surface area contributed by atoms with Crippen LogP contribution >= 0.6 is 0 Å². The molecule has 2 rings (SSSR count). The average molecular weight is 351 g/mol. The van der Waals surface area contributed by atoms with E-state index in [2.05, 4.69) is 17.1 Å². The van der Waals surface area contributed by atoms with Gasteiger partial charge in [-0.3, -0.25) is 0 Å². The number of hydrogen-bond donors (Lipinski definition) is 1. The number of halogens is 1. The molecule has 6 heteroatoms. The number of benzene rings is 1. The van der Waals surface area contributed by atoms with E-state index >= 15 is 0 Å². The lowest BCUT2D eigenvalue weighted by atomic mass is 9.99. The van der Waals surface area contributed by atoms with Gasteiger partial charge in [0.1, 0.15) is 0 Å². The van der Waals surface area contributed by atoms with Crippen molar-refractivity contribution >= 4 is 6.03 Å².